The van der Waals surface area contributed by atoms with Gasteiger partial charge in [-0.1, -0.05) is 30.3 Å². The topological polar surface area (TPSA) is 94.3 Å². The molecule has 2 N–H and O–H groups in total. The van der Waals surface area contributed by atoms with Crippen LogP contribution in [-0.2, 0) is 26.1 Å². The van der Waals surface area contributed by atoms with Gasteiger partial charge in [-0.2, -0.15) is 0 Å². The molecular formula is C12H15NO4S2. The normalized spacial score (nSPS) is 25.8. The first-order chi connectivity index (χ1) is 8.80. The highest BCUT2D eigenvalue weighted by Gasteiger charge is 2.36. The molecule has 0 bridgehead atoms. The summed E-state index contributed by atoms with van der Waals surface area (Å²) in [5.74, 6) is -0.445. The van der Waals surface area contributed by atoms with Crippen molar-refractivity contribution in [3.63, 3.8) is 0 Å². The predicted octanol–water partition coefficient (Wildman–Crippen LogP) is 0.239. The fourth-order valence-electron chi connectivity index (χ4n) is 2.03. The summed E-state index contributed by atoms with van der Waals surface area (Å²) in [6.45, 7) is 0. The van der Waals surface area contributed by atoms with E-state index in [4.69, 9.17) is 5.73 Å². The summed E-state index contributed by atoms with van der Waals surface area (Å²) in [4.78, 5) is 0. The van der Waals surface area contributed by atoms with E-state index in [2.05, 4.69) is 0 Å². The molecule has 0 radical (unpaired) electrons. The van der Waals surface area contributed by atoms with E-state index in [1.165, 1.54) is 0 Å². The lowest BCUT2D eigenvalue weighted by molar-refractivity contribution is 0.553. The average molecular weight is 301 g/mol. The molecule has 2 rings (SSSR count). The zero-order valence-corrected chi connectivity index (χ0v) is 11.8. The standard InChI is InChI=1S/C12H15NO4S2/c13-11(8-10-4-2-1-3-5-10)12-9-18(14,15)6-7-19(12,16)17/h1-7,11-12H,8-9,13H2. The van der Waals surface area contributed by atoms with Crippen LogP contribution < -0.4 is 5.73 Å². The molecule has 0 fully saturated rings. The Bertz CT molecular complexity index is 678. The van der Waals surface area contributed by atoms with Gasteiger partial charge in [0.05, 0.1) is 11.0 Å². The summed E-state index contributed by atoms with van der Waals surface area (Å²) >= 11 is 0. The van der Waals surface area contributed by atoms with E-state index in [1.807, 2.05) is 30.3 Å². The van der Waals surface area contributed by atoms with Crippen LogP contribution in [0.3, 0.4) is 0 Å². The van der Waals surface area contributed by atoms with Crippen molar-refractivity contribution in [1.29, 1.82) is 0 Å². The van der Waals surface area contributed by atoms with Gasteiger partial charge >= 0.3 is 0 Å². The van der Waals surface area contributed by atoms with E-state index in [-0.39, 0.29) is 0 Å². The number of hydrogen-bond donors (Lipinski definition) is 1. The zero-order valence-electron chi connectivity index (χ0n) is 10.1. The minimum absolute atomic E-state index is 0.327. The molecule has 1 aromatic carbocycles. The fraction of sp³-hybridized carbons (Fsp3) is 0.333. The van der Waals surface area contributed by atoms with Crippen molar-refractivity contribution in [2.45, 2.75) is 17.7 Å². The van der Waals surface area contributed by atoms with Gasteiger partial charge in [0.2, 0.25) is 0 Å². The van der Waals surface area contributed by atoms with E-state index >= 15 is 0 Å². The molecule has 7 heteroatoms. The van der Waals surface area contributed by atoms with E-state index in [9.17, 15) is 16.8 Å². The maximum absolute atomic E-state index is 11.9. The molecule has 2 atom stereocenters. The van der Waals surface area contributed by atoms with Crippen LogP contribution in [0, 0.1) is 0 Å². The maximum atomic E-state index is 11.9. The van der Waals surface area contributed by atoms with Gasteiger partial charge in [-0.3, -0.25) is 0 Å². The van der Waals surface area contributed by atoms with E-state index < -0.39 is 36.7 Å². The van der Waals surface area contributed by atoms with Gasteiger partial charge in [0.1, 0.15) is 0 Å². The summed E-state index contributed by atoms with van der Waals surface area (Å²) < 4.78 is 46.7. The molecule has 5 nitrogen and oxygen atoms in total. The Morgan fingerprint density at radius 3 is 2.37 bits per heavy atom. The van der Waals surface area contributed by atoms with E-state index in [0.29, 0.717) is 6.42 Å². The molecule has 0 aliphatic carbocycles. The first-order valence-electron chi connectivity index (χ1n) is 5.74. The van der Waals surface area contributed by atoms with Crippen LogP contribution in [0.25, 0.3) is 0 Å². The highest BCUT2D eigenvalue weighted by Crippen LogP contribution is 2.20. The highest BCUT2D eigenvalue weighted by molar-refractivity contribution is 8.01. The molecule has 0 aromatic heterocycles. The second-order valence-electron chi connectivity index (χ2n) is 4.58. The van der Waals surface area contributed by atoms with Crippen molar-refractivity contribution in [1.82, 2.24) is 0 Å². The van der Waals surface area contributed by atoms with Gasteiger partial charge in [-0.05, 0) is 12.0 Å². The van der Waals surface area contributed by atoms with Crippen molar-refractivity contribution < 1.29 is 16.8 Å². The Morgan fingerprint density at radius 1 is 1.11 bits per heavy atom. The third kappa shape index (κ3) is 3.43. The molecule has 1 heterocycles. The van der Waals surface area contributed by atoms with Gasteiger partial charge < -0.3 is 5.73 Å². The molecule has 1 aliphatic heterocycles. The van der Waals surface area contributed by atoms with Crippen LogP contribution in [-0.4, -0.2) is 33.9 Å². The number of benzene rings is 1. The summed E-state index contributed by atoms with van der Waals surface area (Å²) in [7, 11) is -7.08. The Kier molecular flexibility index (Phi) is 3.80. The molecule has 104 valence electrons. The molecule has 0 spiro atoms. The largest absolute Gasteiger partial charge is 0.326 e. The Hall–Kier alpha value is -1.18. The maximum Gasteiger partial charge on any atom is 0.177 e. The van der Waals surface area contributed by atoms with Gasteiger partial charge in [-0.15, -0.1) is 0 Å². The summed E-state index contributed by atoms with van der Waals surface area (Å²) in [6.07, 6.45) is 0.327. The van der Waals surface area contributed by atoms with Crippen LogP contribution in [0.4, 0.5) is 0 Å². The predicted molar refractivity (Wildman–Crippen MR) is 73.8 cm³/mol. The molecule has 2 unspecified atom stereocenters. The first kappa shape index (κ1) is 14.2. The number of rotatable bonds is 3. The van der Waals surface area contributed by atoms with Crippen molar-refractivity contribution in [3.8, 4) is 0 Å². The van der Waals surface area contributed by atoms with Crippen LogP contribution >= 0.6 is 0 Å². The summed E-state index contributed by atoms with van der Waals surface area (Å²) in [5.41, 5.74) is 6.79. The molecule has 0 amide bonds. The van der Waals surface area contributed by atoms with Crippen LogP contribution in [0.1, 0.15) is 5.56 Å². The van der Waals surface area contributed by atoms with Crippen molar-refractivity contribution in [3.05, 3.63) is 46.7 Å². The Morgan fingerprint density at radius 2 is 1.74 bits per heavy atom. The van der Waals surface area contributed by atoms with Gasteiger partial charge in [0.25, 0.3) is 0 Å². The van der Waals surface area contributed by atoms with Crippen LogP contribution in [0.5, 0.6) is 0 Å². The van der Waals surface area contributed by atoms with E-state index in [0.717, 1.165) is 16.4 Å². The second-order valence-corrected chi connectivity index (χ2v) is 8.57. The SMILES string of the molecule is NC(Cc1ccccc1)C1CS(=O)(=O)C=CS1(=O)=O. The minimum Gasteiger partial charge on any atom is -0.326 e. The number of sulfone groups is 2. The molecule has 0 saturated carbocycles. The molecule has 1 aliphatic rings. The van der Waals surface area contributed by atoms with Crippen LogP contribution in [0.2, 0.25) is 0 Å². The minimum atomic E-state index is -3.60. The van der Waals surface area contributed by atoms with Crippen molar-refractivity contribution in [2.24, 2.45) is 5.73 Å². The van der Waals surface area contributed by atoms with Crippen molar-refractivity contribution >= 4 is 19.7 Å². The van der Waals surface area contributed by atoms with Gasteiger partial charge in [0.15, 0.2) is 19.7 Å². The lowest BCUT2D eigenvalue weighted by atomic mass is 10.0. The zero-order chi connectivity index (χ0) is 14.1. The summed E-state index contributed by atoms with van der Waals surface area (Å²) in [6, 6.07) is 8.42. The summed E-state index contributed by atoms with van der Waals surface area (Å²) in [5, 5.41) is 0.415. The highest BCUT2D eigenvalue weighted by atomic mass is 32.2. The lowest BCUT2D eigenvalue weighted by Gasteiger charge is -2.24. The smallest absolute Gasteiger partial charge is 0.177 e. The third-order valence-corrected chi connectivity index (χ3v) is 6.70. The van der Waals surface area contributed by atoms with Crippen LogP contribution in [0.15, 0.2) is 41.1 Å². The fourth-order valence-corrected chi connectivity index (χ4v) is 6.25. The molecular weight excluding hydrogens is 286 g/mol. The third-order valence-electron chi connectivity index (χ3n) is 3.06. The first-order valence-corrected chi connectivity index (χ1v) is 9.07. The number of hydrogen-bond acceptors (Lipinski definition) is 5. The molecule has 1 aromatic rings. The number of nitrogens with two attached hydrogens (primary N) is 1. The molecule has 19 heavy (non-hydrogen) atoms. The van der Waals surface area contributed by atoms with E-state index in [1.54, 1.807) is 0 Å². The quantitative estimate of drug-likeness (QED) is 0.863. The lowest BCUT2D eigenvalue weighted by Crippen LogP contribution is -2.46. The Balaban J connectivity index is 2.24. The van der Waals surface area contributed by atoms with Gasteiger partial charge in [-0.25, -0.2) is 16.8 Å². The average Bonchev–Trinajstić information content (AvgIpc) is 2.34. The Labute approximate surface area is 113 Å². The van der Waals surface area contributed by atoms with Gasteiger partial charge in [0, 0.05) is 16.9 Å². The second kappa shape index (κ2) is 5.07. The monoisotopic (exact) mass is 301 g/mol. The molecule has 0 saturated heterocycles. The van der Waals surface area contributed by atoms with Crippen molar-refractivity contribution in [2.75, 3.05) is 5.75 Å².